The molecule has 1 amide bonds. The molecule has 0 aromatic heterocycles. The van der Waals surface area contributed by atoms with E-state index in [1.807, 2.05) is 0 Å². The second-order valence-corrected chi connectivity index (χ2v) is 9.68. The van der Waals surface area contributed by atoms with Gasteiger partial charge in [-0.2, -0.15) is 13.2 Å². The predicted molar refractivity (Wildman–Crippen MR) is 153 cm³/mol. The SMILES string of the molecule is C=CC[C@]1(C(=O)NNCc2cc(F)cc(C(F)(F)F)c2)N=C(c2ccc(OCCCO)cc2)O[C@H]1c1ccccc1N=[N+]=[N-]. The van der Waals surface area contributed by atoms with Gasteiger partial charge in [0.2, 0.25) is 5.90 Å². The van der Waals surface area contributed by atoms with E-state index in [1.54, 1.807) is 48.5 Å². The number of halogens is 4. The van der Waals surface area contributed by atoms with Crippen molar-refractivity contribution < 1.29 is 36.9 Å². The van der Waals surface area contributed by atoms with Crippen LogP contribution >= 0.6 is 0 Å². The summed E-state index contributed by atoms with van der Waals surface area (Å²) in [4.78, 5) is 21.4. The molecular weight excluding hydrogens is 584 g/mol. The summed E-state index contributed by atoms with van der Waals surface area (Å²) in [6.45, 7) is 3.72. The molecule has 0 fully saturated rings. The van der Waals surface area contributed by atoms with Gasteiger partial charge in [-0.3, -0.25) is 10.2 Å². The highest BCUT2D eigenvalue weighted by Gasteiger charge is 2.53. The molecule has 0 saturated carbocycles. The standard InChI is InChI=1S/C30H28F4N6O4/c1-2-12-29(28(42)39-36-18-19-15-21(30(32,33)34)17-22(31)16-19)26(24-6-3-4-7-25(24)38-40-35)44-27(37-29)20-8-10-23(11-9-20)43-14-5-13-41/h2-4,6-11,15-17,26,36,41H,1,5,12-14,18H2,(H,39,42)/t26-,29-/m0/s1. The molecule has 44 heavy (non-hydrogen) atoms. The third-order valence-corrected chi connectivity index (χ3v) is 6.64. The number of ether oxygens (including phenoxy) is 2. The highest BCUT2D eigenvalue weighted by Crippen LogP contribution is 2.45. The molecule has 10 nitrogen and oxygen atoms in total. The van der Waals surface area contributed by atoms with E-state index < -0.39 is 35.1 Å². The zero-order valence-corrected chi connectivity index (χ0v) is 23.2. The molecule has 0 radical (unpaired) electrons. The second-order valence-electron chi connectivity index (χ2n) is 9.68. The Labute approximate surface area is 249 Å². The highest BCUT2D eigenvalue weighted by molar-refractivity contribution is 6.01. The first-order chi connectivity index (χ1) is 21.1. The molecule has 230 valence electrons. The number of azide groups is 1. The maximum absolute atomic E-state index is 13.9. The van der Waals surface area contributed by atoms with E-state index in [-0.39, 0.29) is 36.7 Å². The fourth-order valence-electron chi connectivity index (χ4n) is 4.61. The van der Waals surface area contributed by atoms with E-state index in [9.17, 15) is 22.4 Å². The van der Waals surface area contributed by atoms with Crippen molar-refractivity contribution >= 4 is 17.5 Å². The Kier molecular flexibility index (Phi) is 10.2. The number of nitrogens with one attached hydrogen (secondary N) is 2. The average molecular weight is 613 g/mol. The molecule has 1 aliphatic rings. The molecule has 3 aromatic carbocycles. The number of alkyl halides is 3. The van der Waals surface area contributed by atoms with Gasteiger partial charge in [0.05, 0.1) is 12.2 Å². The van der Waals surface area contributed by atoms with Gasteiger partial charge in [0.25, 0.3) is 5.91 Å². The fraction of sp³-hybridized carbons (Fsp3) is 0.267. The Morgan fingerprint density at radius 3 is 2.64 bits per heavy atom. The topological polar surface area (TPSA) is 141 Å². The maximum atomic E-state index is 13.9. The average Bonchev–Trinajstić information content (AvgIpc) is 3.38. The van der Waals surface area contributed by atoms with Crippen molar-refractivity contribution in [2.75, 3.05) is 13.2 Å². The van der Waals surface area contributed by atoms with Crippen molar-refractivity contribution in [1.82, 2.24) is 10.9 Å². The van der Waals surface area contributed by atoms with Gasteiger partial charge < -0.3 is 14.6 Å². The fourth-order valence-corrected chi connectivity index (χ4v) is 4.61. The van der Waals surface area contributed by atoms with Gasteiger partial charge in [0, 0.05) is 47.7 Å². The third-order valence-electron chi connectivity index (χ3n) is 6.64. The summed E-state index contributed by atoms with van der Waals surface area (Å²) in [5, 5.41) is 12.7. The number of carbonyl (C=O) groups is 1. The quantitative estimate of drug-likeness (QED) is 0.0401. The Hall–Kier alpha value is -4.91. The summed E-state index contributed by atoms with van der Waals surface area (Å²) in [6.07, 6.45) is -4.01. The number of rotatable bonds is 13. The number of hydrogen-bond donors (Lipinski definition) is 3. The molecule has 3 aromatic rings. The van der Waals surface area contributed by atoms with E-state index in [0.29, 0.717) is 36.0 Å². The van der Waals surface area contributed by atoms with Crippen molar-refractivity contribution in [3.63, 3.8) is 0 Å². The molecular formula is C30H28F4N6O4. The lowest BCUT2D eigenvalue weighted by molar-refractivity contribution is -0.138. The minimum Gasteiger partial charge on any atom is -0.494 e. The minimum absolute atomic E-state index is 0.0133. The van der Waals surface area contributed by atoms with Crippen molar-refractivity contribution in [3.8, 4) is 5.75 Å². The Balaban J connectivity index is 1.67. The summed E-state index contributed by atoms with van der Waals surface area (Å²) in [5.74, 6) is -1.19. The third kappa shape index (κ3) is 7.35. The van der Waals surface area contributed by atoms with E-state index >= 15 is 0 Å². The van der Waals surface area contributed by atoms with Crippen molar-refractivity contribution in [1.29, 1.82) is 0 Å². The van der Waals surface area contributed by atoms with Crippen LogP contribution in [0.1, 0.15) is 41.2 Å². The number of aliphatic hydroxyl groups excluding tert-OH is 1. The summed E-state index contributed by atoms with van der Waals surface area (Å²) in [6, 6.07) is 15.2. The van der Waals surface area contributed by atoms with E-state index in [4.69, 9.17) is 20.1 Å². The Bertz CT molecular complexity index is 1570. The Morgan fingerprint density at radius 2 is 1.95 bits per heavy atom. The molecule has 1 heterocycles. The summed E-state index contributed by atoms with van der Waals surface area (Å²) in [7, 11) is 0. The van der Waals surface area contributed by atoms with Gasteiger partial charge in [0.15, 0.2) is 11.6 Å². The van der Waals surface area contributed by atoms with Gasteiger partial charge in [-0.15, -0.1) is 6.58 Å². The number of aliphatic imine (C=N–C) groups is 1. The highest BCUT2D eigenvalue weighted by atomic mass is 19.4. The van der Waals surface area contributed by atoms with Gasteiger partial charge in [-0.25, -0.2) is 14.8 Å². The first-order valence-corrected chi connectivity index (χ1v) is 13.4. The summed E-state index contributed by atoms with van der Waals surface area (Å²) < 4.78 is 65.2. The smallest absolute Gasteiger partial charge is 0.416 e. The van der Waals surface area contributed by atoms with Crippen LogP contribution in [0.3, 0.4) is 0 Å². The van der Waals surface area contributed by atoms with Crippen LogP contribution in [-0.4, -0.2) is 35.7 Å². The molecule has 0 bridgehead atoms. The number of hydrogen-bond acceptors (Lipinski definition) is 7. The molecule has 0 saturated heterocycles. The van der Waals surface area contributed by atoms with Crippen LogP contribution in [0.2, 0.25) is 0 Å². The lowest BCUT2D eigenvalue weighted by Crippen LogP contribution is -2.52. The van der Waals surface area contributed by atoms with E-state index in [2.05, 4.69) is 32.4 Å². The molecule has 1 aliphatic heterocycles. The number of aliphatic hydroxyl groups is 1. The molecule has 2 atom stereocenters. The molecule has 0 spiro atoms. The number of hydrazine groups is 1. The zero-order chi connectivity index (χ0) is 31.7. The van der Waals surface area contributed by atoms with Crippen LogP contribution in [0, 0.1) is 5.82 Å². The number of benzene rings is 3. The Morgan fingerprint density at radius 1 is 1.20 bits per heavy atom. The van der Waals surface area contributed by atoms with Crippen LogP contribution < -0.4 is 15.6 Å². The normalized spacial score (nSPS) is 17.7. The monoisotopic (exact) mass is 612 g/mol. The number of nitrogens with zero attached hydrogens (tertiary/aromatic N) is 4. The molecule has 4 rings (SSSR count). The summed E-state index contributed by atoms with van der Waals surface area (Å²) >= 11 is 0. The van der Waals surface area contributed by atoms with Crippen LogP contribution in [0.15, 0.2) is 89.5 Å². The van der Waals surface area contributed by atoms with Crippen LogP contribution in [0.5, 0.6) is 5.75 Å². The summed E-state index contributed by atoms with van der Waals surface area (Å²) in [5.41, 5.74) is 12.3. The molecule has 0 unspecified atom stereocenters. The predicted octanol–water partition coefficient (Wildman–Crippen LogP) is 6.20. The van der Waals surface area contributed by atoms with Crippen LogP contribution in [-0.2, 0) is 22.3 Å². The lowest BCUT2D eigenvalue weighted by atomic mass is 9.84. The first kappa shape index (κ1) is 32.0. The number of amides is 1. The largest absolute Gasteiger partial charge is 0.494 e. The van der Waals surface area contributed by atoms with Crippen molar-refractivity contribution in [3.05, 3.63) is 118 Å². The van der Waals surface area contributed by atoms with Crippen LogP contribution in [0.25, 0.3) is 10.4 Å². The molecule has 14 heteroatoms. The van der Waals surface area contributed by atoms with Crippen molar-refractivity contribution in [2.24, 2.45) is 10.1 Å². The van der Waals surface area contributed by atoms with Crippen molar-refractivity contribution in [2.45, 2.75) is 37.2 Å². The van der Waals surface area contributed by atoms with E-state index in [1.165, 1.54) is 6.08 Å². The van der Waals surface area contributed by atoms with Crippen LogP contribution in [0.4, 0.5) is 23.2 Å². The number of carbonyl (C=O) groups excluding carboxylic acids is 1. The maximum Gasteiger partial charge on any atom is 0.416 e. The van der Waals surface area contributed by atoms with Gasteiger partial charge in [-0.05, 0) is 53.6 Å². The zero-order valence-electron chi connectivity index (χ0n) is 23.2. The van der Waals surface area contributed by atoms with E-state index in [0.717, 1.165) is 12.1 Å². The lowest BCUT2D eigenvalue weighted by Gasteiger charge is -2.30. The molecule has 3 N–H and O–H groups in total. The molecule has 0 aliphatic carbocycles. The minimum atomic E-state index is -4.75. The van der Waals surface area contributed by atoms with Gasteiger partial charge in [0.1, 0.15) is 11.6 Å². The first-order valence-electron chi connectivity index (χ1n) is 13.4. The second kappa shape index (κ2) is 14.0. The van der Waals surface area contributed by atoms with Gasteiger partial charge in [-0.1, -0.05) is 35.5 Å². The van der Waals surface area contributed by atoms with Gasteiger partial charge >= 0.3 is 6.18 Å².